The van der Waals surface area contributed by atoms with Gasteiger partial charge in [0.2, 0.25) is 0 Å². The van der Waals surface area contributed by atoms with Crippen LogP contribution in [0.25, 0.3) is 0 Å². The SMILES string of the molecule is CCCCCCCC/C=C/C/C=C/C/C=C/CCCC(=O)OC[C@H](COP(=O)(O)OCCN)OC(=O)CCCCCCCCCCCCCCCCCCCCCC. The Bertz CT molecular complexity index is 1050. The monoisotopic (exact) mass is 840 g/mol. The molecule has 0 aromatic rings. The first-order chi connectivity index (χ1) is 28.3. The maximum absolute atomic E-state index is 12.6. The summed E-state index contributed by atoms with van der Waals surface area (Å²) in [4.78, 5) is 34.9. The van der Waals surface area contributed by atoms with Crippen molar-refractivity contribution in [1.29, 1.82) is 0 Å². The van der Waals surface area contributed by atoms with Crippen molar-refractivity contribution >= 4 is 19.8 Å². The number of esters is 2. The second-order valence-corrected chi connectivity index (χ2v) is 17.4. The number of allylic oxidation sites excluding steroid dienone is 6. The molecule has 0 amide bonds. The van der Waals surface area contributed by atoms with E-state index in [0.717, 1.165) is 38.5 Å². The van der Waals surface area contributed by atoms with E-state index in [1.54, 1.807) is 0 Å². The Morgan fingerprint density at radius 1 is 0.517 bits per heavy atom. The number of ether oxygens (including phenoxy) is 2. The van der Waals surface area contributed by atoms with Gasteiger partial charge in [0.25, 0.3) is 0 Å². The molecular formula is C48H90NO8P. The number of hydrogen-bond donors (Lipinski definition) is 2. The summed E-state index contributed by atoms with van der Waals surface area (Å²) in [5.74, 6) is -0.881. The van der Waals surface area contributed by atoms with Crippen LogP contribution in [-0.2, 0) is 32.7 Å². The lowest BCUT2D eigenvalue weighted by molar-refractivity contribution is -0.161. The summed E-state index contributed by atoms with van der Waals surface area (Å²) in [6.07, 6.45) is 50.4. The molecule has 0 aliphatic rings. The summed E-state index contributed by atoms with van der Waals surface area (Å²) >= 11 is 0. The Morgan fingerprint density at radius 2 is 0.914 bits per heavy atom. The molecule has 0 saturated carbocycles. The molecule has 0 fully saturated rings. The van der Waals surface area contributed by atoms with Crippen LogP contribution in [0.4, 0.5) is 0 Å². The highest BCUT2D eigenvalue weighted by molar-refractivity contribution is 7.47. The summed E-state index contributed by atoms with van der Waals surface area (Å²) in [5.41, 5.74) is 5.35. The molecule has 2 atom stereocenters. The molecule has 10 heteroatoms. The maximum atomic E-state index is 12.6. The van der Waals surface area contributed by atoms with Gasteiger partial charge in [0.05, 0.1) is 13.2 Å². The number of hydrogen-bond acceptors (Lipinski definition) is 8. The highest BCUT2D eigenvalue weighted by atomic mass is 31.2. The highest BCUT2D eigenvalue weighted by Gasteiger charge is 2.26. The van der Waals surface area contributed by atoms with E-state index >= 15 is 0 Å². The molecular weight excluding hydrogens is 750 g/mol. The fraction of sp³-hybridized carbons (Fsp3) is 0.833. The molecule has 0 spiro atoms. The molecule has 0 bridgehead atoms. The van der Waals surface area contributed by atoms with Gasteiger partial charge in [0, 0.05) is 19.4 Å². The zero-order chi connectivity index (χ0) is 42.5. The van der Waals surface area contributed by atoms with Crippen molar-refractivity contribution in [1.82, 2.24) is 0 Å². The second-order valence-electron chi connectivity index (χ2n) is 16.0. The lowest BCUT2D eigenvalue weighted by Crippen LogP contribution is -2.29. The Kier molecular flexibility index (Phi) is 43.4. The van der Waals surface area contributed by atoms with Crippen molar-refractivity contribution in [3.8, 4) is 0 Å². The predicted molar refractivity (Wildman–Crippen MR) is 243 cm³/mol. The predicted octanol–water partition coefficient (Wildman–Crippen LogP) is 14.1. The van der Waals surface area contributed by atoms with Crippen LogP contribution in [-0.4, -0.2) is 49.3 Å². The topological polar surface area (TPSA) is 134 Å². The summed E-state index contributed by atoms with van der Waals surface area (Å²) in [5, 5.41) is 0. The van der Waals surface area contributed by atoms with E-state index in [1.165, 1.54) is 148 Å². The minimum Gasteiger partial charge on any atom is -0.462 e. The van der Waals surface area contributed by atoms with Crippen molar-refractivity contribution in [2.24, 2.45) is 5.73 Å². The lowest BCUT2D eigenvalue weighted by Gasteiger charge is -2.19. The Morgan fingerprint density at radius 3 is 1.38 bits per heavy atom. The average Bonchev–Trinajstić information content (AvgIpc) is 3.21. The van der Waals surface area contributed by atoms with Gasteiger partial charge in [-0.3, -0.25) is 18.6 Å². The molecule has 0 saturated heterocycles. The number of carbonyl (C=O) groups is 2. The lowest BCUT2D eigenvalue weighted by atomic mass is 10.0. The van der Waals surface area contributed by atoms with Crippen molar-refractivity contribution in [3.63, 3.8) is 0 Å². The van der Waals surface area contributed by atoms with E-state index in [9.17, 15) is 19.0 Å². The molecule has 0 aromatic carbocycles. The zero-order valence-corrected chi connectivity index (χ0v) is 38.4. The number of phosphoric ester groups is 1. The van der Waals surface area contributed by atoms with Gasteiger partial charge in [-0.05, 0) is 44.9 Å². The second kappa shape index (κ2) is 44.8. The van der Waals surface area contributed by atoms with Gasteiger partial charge in [-0.2, -0.15) is 0 Å². The summed E-state index contributed by atoms with van der Waals surface area (Å²) in [6.45, 7) is 3.70. The van der Waals surface area contributed by atoms with E-state index in [2.05, 4.69) is 50.3 Å². The quantitative estimate of drug-likeness (QED) is 0.0266. The Hall–Kier alpha value is -1.77. The van der Waals surface area contributed by atoms with Crippen LogP contribution < -0.4 is 5.73 Å². The summed E-state index contributed by atoms with van der Waals surface area (Å²) in [7, 11) is -4.39. The number of nitrogens with two attached hydrogens (primary N) is 1. The summed E-state index contributed by atoms with van der Waals surface area (Å²) in [6, 6.07) is 0. The molecule has 1 unspecified atom stereocenters. The third-order valence-electron chi connectivity index (χ3n) is 10.3. The molecule has 3 N–H and O–H groups in total. The molecule has 0 radical (unpaired) electrons. The first kappa shape index (κ1) is 56.2. The van der Waals surface area contributed by atoms with E-state index < -0.39 is 32.5 Å². The first-order valence-corrected chi connectivity index (χ1v) is 25.5. The minimum atomic E-state index is -4.39. The molecule has 9 nitrogen and oxygen atoms in total. The van der Waals surface area contributed by atoms with E-state index in [1.807, 2.05) is 0 Å². The van der Waals surface area contributed by atoms with E-state index in [4.69, 9.17) is 24.3 Å². The van der Waals surface area contributed by atoms with Crippen molar-refractivity contribution in [2.45, 2.75) is 232 Å². The molecule has 340 valence electrons. The average molecular weight is 840 g/mol. The van der Waals surface area contributed by atoms with Gasteiger partial charge in [0.15, 0.2) is 6.10 Å². The molecule has 0 aliphatic heterocycles. The molecule has 0 aliphatic carbocycles. The third kappa shape index (κ3) is 43.8. The molecule has 0 rings (SSSR count). The van der Waals surface area contributed by atoms with Gasteiger partial charge in [-0.1, -0.05) is 204 Å². The molecule has 0 heterocycles. The van der Waals surface area contributed by atoms with E-state index in [-0.39, 0.29) is 32.6 Å². The van der Waals surface area contributed by atoms with Gasteiger partial charge in [-0.25, -0.2) is 4.57 Å². The van der Waals surface area contributed by atoms with Crippen molar-refractivity contribution in [3.05, 3.63) is 36.5 Å². The van der Waals surface area contributed by atoms with Crippen LogP contribution in [0.2, 0.25) is 0 Å². The number of carbonyl (C=O) groups excluding carboxylic acids is 2. The van der Waals surface area contributed by atoms with Crippen molar-refractivity contribution in [2.75, 3.05) is 26.4 Å². The van der Waals surface area contributed by atoms with Gasteiger partial charge in [-0.15, -0.1) is 0 Å². The highest BCUT2D eigenvalue weighted by Crippen LogP contribution is 2.43. The van der Waals surface area contributed by atoms with Crippen LogP contribution in [0.1, 0.15) is 226 Å². The molecule has 58 heavy (non-hydrogen) atoms. The van der Waals surface area contributed by atoms with Crippen LogP contribution in [0.5, 0.6) is 0 Å². The van der Waals surface area contributed by atoms with Crippen LogP contribution in [0, 0.1) is 0 Å². The fourth-order valence-electron chi connectivity index (χ4n) is 6.71. The third-order valence-corrected chi connectivity index (χ3v) is 11.3. The largest absolute Gasteiger partial charge is 0.472 e. The minimum absolute atomic E-state index is 0.0479. The van der Waals surface area contributed by atoms with Gasteiger partial charge in [0.1, 0.15) is 6.61 Å². The zero-order valence-electron chi connectivity index (χ0n) is 37.5. The van der Waals surface area contributed by atoms with E-state index in [0.29, 0.717) is 12.8 Å². The first-order valence-electron chi connectivity index (χ1n) is 24.0. The number of rotatable bonds is 45. The normalized spacial score (nSPS) is 13.5. The molecule has 0 aromatic heterocycles. The Balaban J connectivity index is 4.13. The van der Waals surface area contributed by atoms with Crippen LogP contribution in [0.15, 0.2) is 36.5 Å². The Labute approximate surface area is 356 Å². The van der Waals surface area contributed by atoms with Gasteiger partial charge < -0.3 is 20.1 Å². The summed E-state index contributed by atoms with van der Waals surface area (Å²) < 4.78 is 32.8. The maximum Gasteiger partial charge on any atom is 0.472 e. The van der Waals surface area contributed by atoms with Crippen LogP contribution >= 0.6 is 7.82 Å². The number of unbranched alkanes of at least 4 members (excludes halogenated alkanes) is 26. The smallest absolute Gasteiger partial charge is 0.462 e. The fourth-order valence-corrected chi connectivity index (χ4v) is 7.48. The van der Waals surface area contributed by atoms with Crippen LogP contribution in [0.3, 0.4) is 0 Å². The number of phosphoric acid groups is 1. The standard InChI is InChI=1S/C48H90NO8P/c1-3-5-7-9-11-13-15-17-19-21-22-23-25-27-29-31-33-35-37-39-41-48(51)57-46(45-56-58(52,53)55-43-42-49)44-54-47(50)40-38-36-34-32-30-28-26-24-20-18-16-14-12-10-8-6-4-2/h18,20,26,28,32,34,46H,3-17,19,21-25,27,29-31,33,35-45,49H2,1-2H3,(H,52,53)/b20-18+,28-26+,34-32+/t46-/m1/s1. The van der Waals surface area contributed by atoms with Gasteiger partial charge >= 0.3 is 19.8 Å². The van der Waals surface area contributed by atoms with Crippen molar-refractivity contribution < 1.29 is 37.6 Å².